The summed E-state index contributed by atoms with van der Waals surface area (Å²) in [5.41, 5.74) is 6.89. The van der Waals surface area contributed by atoms with Crippen LogP contribution in [0.25, 0.3) is 11.5 Å². The number of hydrogen-bond acceptors (Lipinski definition) is 3. The second-order valence-corrected chi connectivity index (χ2v) is 4.79. The van der Waals surface area contributed by atoms with Crippen LogP contribution in [0.15, 0.2) is 27.4 Å². The number of fused-ring (bicyclic) bond motifs is 1. The quantitative estimate of drug-likeness (QED) is 0.874. The Morgan fingerprint density at radius 1 is 1.50 bits per heavy atom. The van der Waals surface area contributed by atoms with E-state index in [4.69, 9.17) is 10.2 Å². The van der Waals surface area contributed by atoms with Gasteiger partial charge >= 0.3 is 0 Å². The van der Waals surface area contributed by atoms with Crippen molar-refractivity contribution in [1.82, 2.24) is 9.55 Å². The van der Waals surface area contributed by atoms with E-state index >= 15 is 0 Å². The van der Waals surface area contributed by atoms with Gasteiger partial charge < -0.3 is 14.7 Å². The van der Waals surface area contributed by atoms with Crippen LogP contribution >= 0.6 is 15.9 Å². The molecule has 84 valence electrons. The molecule has 0 saturated heterocycles. The first-order valence-corrected chi connectivity index (χ1v) is 6.12. The number of imidazole rings is 1. The number of aryl methyl sites for hydroxylation is 1. The largest absolute Gasteiger partial charge is 0.448 e. The summed E-state index contributed by atoms with van der Waals surface area (Å²) in [5, 5.41) is 0. The van der Waals surface area contributed by atoms with Crippen LogP contribution in [0.1, 0.15) is 24.8 Å². The van der Waals surface area contributed by atoms with Gasteiger partial charge in [-0.3, -0.25) is 0 Å². The molecular formula is C11H12BrN3O. The number of furan rings is 1. The molecule has 0 bridgehead atoms. The van der Waals surface area contributed by atoms with Gasteiger partial charge in [0, 0.05) is 12.6 Å². The number of nitrogens with two attached hydrogens (primary N) is 1. The van der Waals surface area contributed by atoms with E-state index in [1.54, 1.807) is 0 Å². The monoisotopic (exact) mass is 281 g/mol. The molecule has 0 fully saturated rings. The molecule has 16 heavy (non-hydrogen) atoms. The topological polar surface area (TPSA) is 57.0 Å². The lowest BCUT2D eigenvalue weighted by Gasteiger charge is -2.20. The minimum Gasteiger partial charge on any atom is -0.448 e. The molecular weight excluding hydrogens is 270 g/mol. The predicted octanol–water partition coefficient (Wildman–Crippen LogP) is 2.70. The molecule has 2 aromatic rings. The number of nitrogens with zero attached hydrogens (tertiary/aromatic N) is 2. The van der Waals surface area contributed by atoms with Crippen molar-refractivity contribution in [2.75, 3.05) is 0 Å². The van der Waals surface area contributed by atoms with Crippen LogP contribution in [-0.2, 0) is 6.42 Å². The SMILES string of the molecule is NC1CCCc2nc(-c3ccc(Br)o3)cn21. The third-order valence-electron chi connectivity index (χ3n) is 2.89. The van der Waals surface area contributed by atoms with Crippen LogP contribution < -0.4 is 5.73 Å². The van der Waals surface area contributed by atoms with Gasteiger partial charge in [-0.05, 0) is 40.9 Å². The molecule has 2 N–H and O–H groups in total. The minimum absolute atomic E-state index is 0.0587. The Morgan fingerprint density at radius 2 is 2.38 bits per heavy atom. The molecule has 1 aliphatic rings. The average molecular weight is 282 g/mol. The summed E-state index contributed by atoms with van der Waals surface area (Å²) in [4.78, 5) is 4.55. The second kappa shape index (κ2) is 3.75. The van der Waals surface area contributed by atoms with Crippen molar-refractivity contribution in [2.45, 2.75) is 25.4 Å². The molecule has 1 aliphatic heterocycles. The van der Waals surface area contributed by atoms with Gasteiger partial charge in [-0.1, -0.05) is 0 Å². The van der Waals surface area contributed by atoms with Crippen LogP contribution in [0, 0.1) is 0 Å². The summed E-state index contributed by atoms with van der Waals surface area (Å²) < 4.78 is 8.25. The van der Waals surface area contributed by atoms with Crippen molar-refractivity contribution < 1.29 is 4.42 Å². The van der Waals surface area contributed by atoms with Gasteiger partial charge in [0.25, 0.3) is 0 Å². The number of hydrogen-bond donors (Lipinski definition) is 1. The van der Waals surface area contributed by atoms with E-state index in [1.165, 1.54) is 0 Å². The molecule has 5 heteroatoms. The second-order valence-electron chi connectivity index (χ2n) is 4.01. The zero-order valence-corrected chi connectivity index (χ0v) is 10.3. The van der Waals surface area contributed by atoms with E-state index in [2.05, 4.69) is 25.5 Å². The number of rotatable bonds is 1. The molecule has 0 aliphatic carbocycles. The number of halogens is 1. The smallest absolute Gasteiger partial charge is 0.169 e. The average Bonchev–Trinajstić information content (AvgIpc) is 2.84. The Labute approximate surface area is 102 Å². The van der Waals surface area contributed by atoms with Crippen LogP contribution in [-0.4, -0.2) is 9.55 Å². The predicted molar refractivity (Wildman–Crippen MR) is 63.8 cm³/mol. The maximum atomic E-state index is 6.03. The first-order valence-electron chi connectivity index (χ1n) is 5.33. The molecule has 0 radical (unpaired) electrons. The van der Waals surface area contributed by atoms with Gasteiger partial charge in [-0.2, -0.15) is 0 Å². The van der Waals surface area contributed by atoms with E-state index in [-0.39, 0.29) is 6.17 Å². The van der Waals surface area contributed by atoms with Crippen LogP contribution in [0.4, 0.5) is 0 Å². The molecule has 2 aromatic heterocycles. The molecule has 0 aromatic carbocycles. The van der Waals surface area contributed by atoms with E-state index < -0.39 is 0 Å². The van der Waals surface area contributed by atoms with Crippen molar-refractivity contribution in [3.05, 3.63) is 28.8 Å². The maximum Gasteiger partial charge on any atom is 0.169 e. The first-order chi connectivity index (χ1) is 7.74. The standard InChI is InChI=1S/C11H12BrN3O/c12-9-5-4-8(16-9)7-6-15-10(13)2-1-3-11(15)14-7/h4-6,10H,1-3,13H2. The van der Waals surface area contributed by atoms with Gasteiger partial charge in [0.1, 0.15) is 11.5 Å². The Bertz CT molecular complexity index is 517. The molecule has 1 atom stereocenters. The number of aromatic nitrogens is 2. The normalized spacial score (nSPS) is 19.8. The molecule has 0 saturated carbocycles. The fourth-order valence-electron chi connectivity index (χ4n) is 2.08. The third kappa shape index (κ3) is 1.60. The molecule has 3 rings (SSSR count). The van der Waals surface area contributed by atoms with Gasteiger partial charge in [0.2, 0.25) is 0 Å². The van der Waals surface area contributed by atoms with E-state index in [9.17, 15) is 0 Å². The minimum atomic E-state index is 0.0587. The Balaban J connectivity index is 2.04. The van der Waals surface area contributed by atoms with Crippen molar-refractivity contribution in [2.24, 2.45) is 5.73 Å². The lowest BCUT2D eigenvalue weighted by atomic mass is 10.1. The maximum absolute atomic E-state index is 6.03. The molecule has 1 unspecified atom stereocenters. The summed E-state index contributed by atoms with van der Waals surface area (Å²) in [5.74, 6) is 1.84. The Morgan fingerprint density at radius 3 is 3.06 bits per heavy atom. The Kier molecular flexibility index (Phi) is 2.37. The summed E-state index contributed by atoms with van der Waals surface area (Å²) in [6, 6.07) is 3.78. The fourth-order valence-corrected chi connectivity index (χ4v) is 2.39. The summed E-state index contributed by atoms with van der Waals surface area (Å²) in [7, 11) is 0. The molecule has 3 heterocycles. The molecule has 4 nitrogen and oxygen atoms in total. The lowest BCUT2D eigenvalue weighted by molar-refractivity contribution is 0.408. The van der Waals surface area contributed by atoms with Crippen LogP contribution in [0.3, 0.4) is 0 Å². The fraction of sp³-hybridized carbons (Fsp3) is 0.364. The zero-order valence-electron chi connectivity index (χ0n) is 8.69. The first kappa shape index (κ1) is 10.1. The lowest BCUT2D eigenvalue weighted by Crippen LogP contribution is -2.24. The van der Waals surface area contributed by atoms with Crippen molar-refractivity contribution in [3.8, 4) is 11.5 Å². The molecule has 0 amide bonds. The van der Waals surface area contributed by atoms with E-state index in [0.29, 0.717) is 0 Å². The summed E-state index contributed by atoms with van der Waals surface area (Å²) >= 11 is 3.29. The van der Waals surface area contributed by atoms with Crippen molar-refractivity contribution in [1.29, 1.82) is 0 Å². The highest BCUT2D eigenvalue weighted by atomic mass is 79.9. The van der Waals surface area contributed by atoms with E-state index in [0.717, 1.165) is 41.2 Å². The third-order valence-corrected chi connectivity index (χ3v) is 3.32. The highest BCUT2D eigenvalue weighted by molar-refractivity contribution is 9.10. The molecule has 0 spiro atoms. The van der Waals surface area contributed by atoms with Crippen molar-refractivity contribution in [3.63, 3.8) is 0 Å². The Hall–Kier alpha value is -1.07. The van der Waals surface area contributed by atoms with E-state index in [1.807, 2.05) is 18.3 Å². The van der Waals surface area contributed by atoms with Crippen molar-refractivity contribution >= 4 is 15.9 Å². The van der Waals surface area contributed by atoms with Gasteiger partial charge in [0.15, 0.2) is 10.4 Å². The van der Waals surface area contributed by atoms with Gasteiger partial charge in [0.05, 0.1) is 6.17 Å². The highest BCUT2D eigenvalue weighted by Crippen LogP contribution is 2.28. The zero-order chi connectivity index (χ0) is 11.1. The highest BCUT2D eigenvalue weighted by Gasteiger charge is 2.19. The van der Waals surface area contributed by atoms with Crippen LogP contribution in [0.2, 0.25) is 0 Å². The summed E-state index contributed by atoms with van der Waals surface area (Å²) in [6.07, 6.45) is 5.16. The van der Waals surface area contributed by atoms with Gasteiger partial charge in [-0.15, -0.1) is 0 Å². The summed E-state index contributed by atoms with van der Waals surface area (Å²) in [6.45, 7) is 0. The van der Waals surface area contributed by atoms with Crippen LogP contribution in [0.5, 0.6) is 0 Å². The van der Waals surface area contributed by atoms with Gasteiger partial charge in [-0.25, -0.2) is 4.98 Å².